The number of urea groups is 2. The zero-order valence-electron chi connectivity index (χ0n) is 28.4. The lowest BCUT2D eigenvalue weighted by atomic mass is 9.96. The Morgan fingerprint density at radius 2 is 1.70 bits per heavy atom. The molecule has 1 saturated carbocycles. The van der Waals surface area contributed by atoms with Crippen LogP contribution in [-0.4, -0.2) is 90.5 Å². The third-order valence-corrected chi connectivity index (χ3v) is 9.08. The quantitative estimate of drug-likeness (QED) is 0.286. The Kier molecular flexibility index (Phi) is 13.7. The predicted molar refractivity (Wildman–Crippen MR) is 184 cm³/mol. The van der Waals surface area contributed by atoms with Crippen LogP contribution in [0.5, 0.6) is 5.75 Å². The fourth-order valence-corrected chi connectivity index (χ4v) is 6.16. The van der Waals surface area contributed by atoms with Gasteiger partial charge in [-0.3, -0.25) is 4.79 Å². The lowest BCUT2D eigenvalue weighted by molar-refractivity contribution is -0.0115. The summed E-state index contributed by atoms with van der Waals surface area (Å²) in [5.41, 5.74) is 1.50. The number of carbonyl (C=O) groups excluding carboxylic acids is 3. The number of fused-ring (bicyclic) bond motifs is 1. The molecule has 11 nitrogen and oxygen atoms in total. The monoisotopic (exact) mass is 651 g/mol. The Balaban J connectivity index is 1.56. The summed E-state index contributed by atoms with van der Waals surface area (Å²) in [5.74, 6) is -0.0673. The molecule has 2 aromatic carbocycles. The number of carbonyl (C=O) groups is 3. The standard InChI is InChI=1S/C36H53N5O6/c1-25-22-41(26(2)24-42)34(43)31-21-30(38-35(44)37-28-14-7-5-8-15-28)18-19-32(31)47-27(3)13-11-12-20-46-33(25)23-40(4)36(45)39-29-16-9-6-10-17-29/h6,9-10,16-19,21,25-28,33,42H,5,7-8,11-15,20,22-24H2,1-4H3,(H,39,45)(H2,37,38,44)/t25-,26+,27+,33+/m1/s1. The number of hydrogen-bond donors (Lipinski definition) is 4. The van der Waals surface area contributed by atoms with Crippen LogP contribution in [-0.2, 0) is 4.74 Å². The Bertz CT molecular complexity index is 1300. The van der Waals surface area contributed by atoms with Crippen molar-refractivity contribution in [2.75, 3.05) is 44.0 Å². The van der Waals surface area contributed by atoms with Gasteiger partial charge in [-0.05, 0) is 76.3 Å². The second-order valence-electron chi connectivity index (χ2n) is 13.1. The number of aliphatic hydroxyl groups excluding tert-OH is 1. The number of amides is 5. The van der Waals surface area contributed by atoms with Crippen LogP contribution in [0.1, 0.15) is 82.5 Å². The SMILES string of the molecule is C[C@@H]1CN([C@@H](C)CO)C(=O)c2cc(NC(=O)NC3CCCCC3)ccc2O[C@@H](C)CCCCO[C@H]1CN(C)C(=O)Nc1ccccc1. The number of benzene rings is 2. The molecule has 0 spiro atoms. The van der Waals surface area contributed by atoms with Gasteiger partial charge in [-0.2, -0.15) is 0 Å². The van der Waals surface area contributed by atoms with E-state index in [0.717, 1.165) is 44.9 Å². The highest BCUT2D eigenvalue weighted by Crippen LogP contribution is 2.29. The van der Waals surface area contributed by atoms with Crippen molar-refractivity contribution in [1.82, 2.24) is 15.1 Å². The van der Waals surface area contributed by atoms with Crippen LogP contribution in [0.25, 0.3) is 0 Å². The molecule has 2 aromatic rings. The van der Waals surface area contributed by atoms with Crippen molar-refractivity contribution < 1.29 is 29.0 Å². The number of anilines is 2. The van der Waals surface area contributed by atoms with Crippen molar-refractivity contribution in [2.24, 2.45) is 5.92 Å². The molecule has 5 amide bonds. The van der Waals surface area contributed by atoms with E-state index in [0.29, 0.717) is 35.8 Å². The molecule has 4 atom stereocenters. The van der Waals surface area contributed by atoms with Gasteiger partial charge in [0.05, 0.1) is 30.4 Å². The molecule has 1 fully saturated rings. The molecule has 1 aliphatic heterocycles. The van der Waals surface area contributed by atoms with Crippen molar-refractivity contribution in [3.8, 4) is 5.75 Å². The Morgan fingerprint density at radius 1 is 0.979 bits per heavy atom. The van der Waals surface area contributed by atoms with E-state index in [1.165, 1.54) is 6.42 Å². The fraction of sp³-hybridized carbons (Fsp3) is 0.583. The lowest BCUT2D eigenvalue weighted by Gasteiger charge is -2.35. The van der Waals surface area contributed by atoms with Gasteiger partial charge in [0.25, 0.3) is 5.91 Å². The lowest BCUT2D eigenvalue weighted by Crippen LogP contribution is -2.48. The average Bonchev–Trinajstić information content (AvgIpc) is 3.06. The van der Waals surface area contributed by atoms with Crippen LogP contribution < -0.4 is 20.7 Å². The van der Waals surface area contributed by atoms with Crippen LogP contribution in [0.2, 0.25) is 0 Å². The first kappa shape index (κ1) is 36.0. The second kappa shape index (κ2) is 17.9. The van der Waals surface area contributed by atoms with E-state index in [-0.39, 0.29) is 55.3 Å². The Morgan fingerprint density at radius 3 is 2.43 bits per heavy atom. The van der Waals surface area contributed by atoms with Crippen LogP contribution in [0.3, 0.4) is 0 Å². The molecule has 2 aliphatic rings. The predicted octanol–water partition coefficient (Wildman–Crippen LogP) is 6.10. The summed E-state index contributed by atoms with van der Waals surface area (Å²) in [6, 6.07) is 13.5. The van der Waals surface area contributed by atoms with Gasteiger partial charge in [-0.1, -0.05) is 44.4 Å². The van der Waals surface area contributed by atoms with E-state index in [9.17, 15) is 19.5 Å². The minimum atomic E-state index is -0.505. The molecular weight excluding hydrogens is 598 g/mol. The summed E-state index contributed by atoms with van der Waals surface area (Å²) < 4.78 is 12.7. The van der Waals surface area contributed by atoms with Crippen molar-refractivity contribution in [2.45, 2.75) is 96.4 Å². The van der Waals surface area contributed by atoms with Gasteiger partial charge in [0.1, 0.15) is 5.75 Å². The van der Waals surface area contributed by atoms with Gasteiger partial charge in [0.2, 0.25) is 0 Å². The van der Waals surface area contributed by atoms with Gasteiger partial charge in [-0.25, -0.2) is 9.59 Å². The molecule has 4 N–H and O–H groups in total. The van der Waals surface area contributed by atoms with E-state index in [1.54, 1.807) is 42.0 Å². The summed E-state index contributed by atoms with van der Waals surface area (Å²) in [4.78, 5) is 43.5. The van der Waals surface area contributed by atoms with Crippen molar-refractivity contribution in [3.63, 3.8) is 0 Å². The summed E-state index contributed by atoms with van der Waals surface area (Å²) >= 11 is 0. The highest BCUT2D eigenvalue weighted by molar-refractivity contribution is 5.99. The normalized spacial score (nSPS) is 22.2. The molecule has 0 bridgehead atoms. The first-order valence-electron chi connectivity index (χ1n) is 17.1. The van der Waals surface area contributed by atoms with Crippen LogP contribution in [0, 0.1) is 5.92 Å². The molecule has 258 valence electrons. The minimum Gasteiger partial charge on any atom is -0.490 e. The molecule has 47 heavy (non-hydrogen) atoms. The zero-order chi connectivity index (χ0) is 33.8. The molecule has 0 radical (unpaired) electrons. The number of aliphatic hydroxyl groups is 1. The maximum absolute atomic E-state index is 14.3. The average molecular weight is 652 g/mol. The summed E-state index contributed by atoms with van der Waals surface area (Å²) in [7, 11) is 1.73. The van der Waals surface area contributed by atoms with Crippen LogP contribution in [0.15, 0.2) is 48.5 Å². The fourth-order valence-electron chi connectivity index (χ4n) is 6.16. The highest BCUT2D eigenvalue weighted by atomic mass is 16.5. The Labute approximate surface area is 279 Å². The number of ether oxygens (including phenoxy) is 2. The van der Waals surface area contributed by atoms with E-state index in [2.05, 4.69) is 16.0 Å². The molecular formula is C36H53N5O6. The van der Waals surface area contributed by atoms with Crippen molar-refractivity contribution in [3.05, 3.63) is 54.1 Å². The summed E-state index contributed by atoms with van der Waals surface area (Å²) in [5, 5.41) is 19.1. The van der Waals surface area contributed by atoms with E-state index in [1.807, 2.05) is 44.2 Å². The number of hydrogen-bond acceptors (Lipinski definition) is 6. The number of rotatable bonds is 7. The molecule has 0 aromatic heterocycles. The van der Waals surface area contributed by atoms with E-state index < -0.39 is 6.04 Å². The maximum atomic E-state index is 14.3. The Hall–Kier alpha value is -3.83. The molecule has 1 heterocycles. The summed E-state index contributed by atoms with van der Waals surface area (Å²) in [6.07, 6.45) is 7.25. The van der Waals surface area contributed by atoms with Gasteiger partial charge < -0.3 is 40.3 Å². The van der Waals surface area contributed by atoms with Crippen molar-refractivity contribution in [1.29, 1.82) is 0 Å². The van der Waals surface area contributed by atoms with E-state index >= 15 is 0 Å². The van der Waals surface area contributed by atoms with Crippen LogP contribution >= 0.6 is 0 Å². The van der Waals surface area contributed by atoms with Gasteiger partial charge >= 0.3 is 12.1 Å². The molecule has 11 heteroatoms. The number of nitrogens with one attached hydrogen (secondary N) is 3. The number of para-hydroxylation sites is 1. The number of likely N-dealkylation sites (N-methyl/N-ethyl adjacent to an activating group) is 1. The van der Waals surface area contributed by atoms with Gasteiger partial charge in [-0.15, -0.1) is 0 Å². The first-order chi connectivity index (χ1) is 22.6. The van der Waals surface area contributed by atoms with Crippen molar-refractivity contribution >= 4 is 29.3 Å². The smallest absolute Gasteiger partial charge is 0.321 e. The third-order valence-electron chi connectivity index (χ3n) is 9.08. The maximum Gasteiger partial charge on any atom is 0.321 e. The highest BCUT2D eigenvalue weighted by Gasteiger charge is 2.31. The van der Waals surface area contributed by atoms with Crippen LogP contribution in [0.4, 0.5) is 21.0 Å². The van der Waals surface area contributed by atoms with E-state index in [4.69, 9.17) is 9.47 Å². The zero-order valence-corrected chi connectivity index (χ0v) is 28.4. The number of nitrogens with zero attached hydrogens (tertiary/aromatic N) is 2. The van der Waals surface area contributed by atoms with Gasteiger partial charge in [0, 0.05) is 50.1 Å². The minimum absolute atomic E-state index is 0.146. The first-order valence-corrected chi connectivity index (χ1v) is 17.1. The second-order valence-corrected chi connectivity index (χ2v) is 13.1. The largest absolute Gasteiger partial charge is 0.490 e. The molecule has 1 aliphatic carbocycles. The molecule has 0 saturated heterocycles. The third kappa shape index (κ3) is 10.9. The topological polar surface area (TPSA) is 132 Å². The van der Waals surface area contributed by atoms with Gasteiger partial charge in [0.15, 0.2) is 0 Å². The molecule has 4 rings (SSSR count). The molecule has 0 unspecified atom stereocenters. The summed E-state index contributed by atoms with van der Waals surface area (Å²) in [6.45, 7) is 6.63.